The molecule has 0 unspecified atom stereocenters. The number of imide groups is 1. The van der Waals surface area contributed by atoms with Gasteiger partial charge in [-0.15, -0.1) is 6.58 Å². The zero-order valence-electron chi connectivity index (χ0n) is 17.5. The zero-order valence-corrected chi connectivity index (χ0v) is 17.5. The monoisotopic (exact) mass is 406 g/mol. The molecule has 0 aromatic heterocycles. The second-order valence-corrected chi connectivity index (χ2v) is 7.00. The van der Waals surface area contributed by atoms with Gasteiger partial charge in [0.1, 0.15) is 17.2 Å². The Balaban J connectivity index is 2.04. The van der Waals surface area contributed by atoms with Crippen LogP contribution in [-0.2, 0) is 9.59 Å². The van der Waals surface area contributed by atoms with Crippen LogP contribution in [0.4, 0.5) is 5.69 Å². The van der Waals surface area contributed by atoms with Crippen LogP contribution in [0.15, 0.2) is 66.9 Å². The maximum absolute atomic E-state index is 13.1. The predicted molar refractivity (Wildman–Crippen MR) is 117 cm³/mol. The maximum Gasteiger partial charge on any atom is 0.278 e. The van der Waals surface area contributed by atoms with E-state index in [0.717, 1.165) is 0 Å². The second kappa shape index (κ2) is 9.31. The van der Waals surface area contributed by atoms with Crippen LogP contribution < -0.4 is 14.8 Å². The first-order valence-corrected chi connectivity index (χ1v) is 9.93. The molecule has 0 bridgehead atoms. The lowest BCUT2D eigenvalue weighted by Gasteiger charge is -2.14. The van der Waals surface area contributed by atoms with Crippen LogP contribution in [0, 0.1) is 0 Å². The van der Waals surface area contributed by atoms with Crippen molar-refractivity contribution in [3.63, 3.8) is 0 Å². The quantitative estimate of drug-likeness (QED) is 0.498. The lowest BCUT2D eigenvalue weighted by atomic mass is 10.0. The number of hydrogen-bond acceptors (Lipinski definition) is 5. The van der Waals surface area contributed by atoms with Gasteiger partial charge >= 0.3 is 0 Å². The van der Waals surface area contributed by atoms with E-state index < -0.39 is 5.91 Å². The summed E-state index contributed by atoms with van der Waals surface area (Å²) >= 11 is 0. The molecule has 0 saturated carbocycles. The average Bonchev–Trinajstić information content (AvgIpc) is 2.94. The summed E-state index contributed by atoms with van der Waals surface area (Å²) in [6.07, 6.45) is 1.57. The molecule has 0 aliphatic carbocycles. The minimum atomic E-state index is -0.399. The Labute approximate surface area is 176 Å². The highest BCUT2D eigenvalue weighted by Crippen LogP contribution is 2.34. The summed E-state index contributed by atoms with van der Waals surface area (Å²) in [6, 6.07) is 14.5. The topological polar surface area (TPSA) is 67.9 Å². The van der Waals surface area contributed by atoms with E-state index in [9.17, 15) is 9.59 Å². The molecule has 6 nitrogen and oxygen atoms in total. The molecule has 1 N–H and O–H groups in total. The number of hydrogen-bond donors (Lipinski definition) is 1. The fourth-order valence-corrected chi connectivity index (χ4v) is 3.21. The van der Waals surface area contributed by atoms with E-state index >= 15 is 0 Å². The molecule has 156 valence electrons. The van der Waals surface area contributed by atoms with Gasteiger partial charge in [0.2, 0.25) is 0 Å². The summed E-state index contributed by atoms with van der Waals surface area (Å²) in [7, 11) is 0. The van der Waals surface area contributed by atoms with Gasteiger partial charge in [-0.3, -0.25) is 14.5 Å². The van der Waals surface area contributed by atoms with E-state index in [1.54, 1.807) is 24.3 Å². The summed E-state index contributed by atoms with van der Waals surface area (Å²) in [4.78, 5) is 27.3. The number of ether oxygens (including phenoxy) is 2. The molecular weight excluding hydrogens is 380 g/mol. The van der Waals surface area contributed by atoms with Gasteiger partial charge < -0.3 is 14.8 Å². The highest BCUT2D eigenvalue weighted by atomic mass is 16.5. The van der Waals surface area contributed by atoms with Crippen LogP contribution in [0.2, 0.25) is 0 Å². The number of nitrogens with zero attached hydrogens (tertiary/aromatic N) is 1. The smallest absolute Gasteiger partial charge is 0.278 e. The van der Waals surface area contributed by atoms with E-state index in [1.165, 1.54) is 11.0 Å². The molecule has 6 heteroatoms. The lowest BCUT2D eigenvalue weighted by molar-refractivity contribution is -0.136. The molecule has 2 amide bonds. The fourth-order valence-electron chi connectivity index (χ4n) is 3.21. The Morgan fingerprint density at radius 1 is 1.07 bits per heavy atom. The van der Waals surface area contributed by atoms with Gasteiger partial charge in [0.15, 0.2) is 0 Å². The number of benzene rings is 2. The van der Waals surface area contributed by atoms with E-state index in [4.69, 9.17) is 9.47 Å². The van der Waals surface area contributed by atoms with Crippen molar-refractivity contribution in [2.45, 2.75) is 26.9 Å². The largest absolute Gasteiger partial charge is 0.492 e. The van der Waals surface area contributed by atoms with Crippen LogP contribution in [0.1, 0.15) is 26.3 Å². The second-order valence-electron chi connectivity index (χ2n) is 7.00. The molecule has 1 heterocycles. The molecule has 0 atom stereocenters. The minimum Gasteiger partial charge on any atom is -0.492 e. The molecule has 1 aliphatic heterocycles. The summed E-state index contributed by atoms with van der Waals surface area (Å²) in [5, 5.41) is 3.14. The number of nitrogens with one attached hydrogen (secondary N) is 1. The highest BCUT2D eigenvalue weighted by Gasteiger charge is 2.38. The summed E-state index contributed by atoms with van der Waals surface area (Å²) < 4.78 is 11.3. The molecule has 1 aliphatic rings. The lowest BCUT2D eigenvalue weighted by Crippen LogP contribution is -2.32. The van der Waals surface area contributed by atoms with Gasteiger partial charge in [0, 0.05) is 6.54 Å². The van der Waals surface area contributed by atoms with Crippen molar-refractivity contribution in [3.8, 4) is 11.5 Å². The number of carbonyl (C=O) groups is 2. The molecule has 2 aromatic carbocycles. The SMILES string of the molecule is C=CCN1C(=O)C(Nc2ccccc2OCC)=C(c2ccc(OC(C)C)cc2)C1=O. The van der Waals surface area contributed by atoms with E-state index in [0.29, 0.717) is 34.9 Å². The van der Waals surface area contributed by atoms with Crippen LogP contribution in [-0.4, -0.2) is 36.0 Å². The van der Waals surface area contributed by atoms with Crippen molar-refractivity contribution in [2.75, 3.05) is 18.5 Å². The fraction of sp³-hybridized carbons (Fsp3) is 0.250. The van der Waals surface area contributed by atoms with Crippen LogP contribution in [0.25, 0.3) is 5.57 Å². The summed E-state index contributed by atoms with van der Waals surface area (Å²) in [5.41, 5.74) is 1.77. The Morgan fingerprint density at radius 2 is 1.77 bits per heavy atom. The normalized spacial score (nSPS) is 13.8. The first kappa shape index (κ1) is 21.2. The van der Waals surface area contributed by atoms with Crippen LogP contribution >= 0.6 is 0 Å². The third-order valence-corrected chi connectivity index (χ3v) is 4.44. The molecule has 0 saturated heterocycles. The number of anilines is 1. The van der Waals surface area contributed by atoms with E-state index in [2.05, 4.69) is 11.9 Å². The van der Waals surface area contributed by atoms with E-state index in [1.807, 2.05) is 45.0 Å². The van der Waals surface area contributed by atoms with Crippen molar-refractivity contribution >= 4 is 23.1 Å². The number of rotatable bonds is 9. The van der Waals surface area contributed by atoms with E-state index in [-0.39, 0.29) is 24.3 Å². The van der Waals surface area contributed by atoms with Gasteiger partial charge in [-0.25, -0.2) is 0 Å². The summed E-state index contributed by atoms with van der Waals surface area (Å²) in [5.74, 6) is 0.540. The van der Waals surface area contributed by atoms with Crippen molar-refractivity contribution in [2.24, 2.45) is 0 Å². The molecule has 0 fully saturated rings. The molecule has 30 heavy (non-hydrogen) atoms. The van der Waals surface area contributed by atoms with Crippen molar-refractivity contribution in [3.05, 3.63) is 72.4 Å². The van der Waals surface area contributed by atoms with Gasteiger partial charge in [0.25, 0.3) is 11.8 Å². The maximum atomic E-state index is 13.1. The number of carbonyl (C=O) groups excluding carboxylic acids is 2. The van der Waals surface area contributed by atoms with Gasteiger partial charge in [-0.1, -0.05) is 30.3 Å². The third-order valence-electron chi connectivity index (χ3n) is 4.44. The van der Waals surface area contributed by atoms with Gasteiger partial charge in [-0.05, 0) is 50.6 Å². The zero-order chi connectivity index (χ0) is 21.7. The standard InChI is InChI=1S/C24H26N2O4/c1-5-15-26-23(27)21(17-11-13-18(14-12-17)30-16(3)4)22(24(26)28)25-19-9-7-8-10-20(19)29-6-2/h5,7-14,16,25H,1,6,15H2,2-4H3. The Hall–Kier alpha value is -3.54. The van der Waals surface area contributed by atoms with Gasteiger partial charge in [-0.2, -0.15) is 0 Å². The molecule has 0 spiro atoms. The molecule has 0 radical (unpaired) electrons. The average molecular weight is 406 g/mol. The third kappa shape index (κ3) is 4.38. The Bertz CT molecular complexity index is 977. The molecule has 2 aromatic rings. The molecular formula is C24H26N2O4. The highest BCUT2D eigenvalue weighted by molar-refractivity contribution is 6.36. The molecule has 3 rings (SSSR count). The predicted octanol–water partition coefficient (Wildman–Crippen LogP) is 4.25. The number of para-hydroxylation sites is 2. The Morgan fingerprint density at radius 3 is 2.40 bits per heavy atom. The Kier molecular flexibility index (Phi) is 6.57. The minimum absolute atomic E-state index is 0.0418. The van der Waals surface area contributed by atoms with Gasteiger partial charge in [0.05, 0.1) is 24.0 Å². The van der Waals surface area contributed by atoms with Crippen LogP contribution in [0.5, 0.6) is 11.5 Å². The summed E-state index contributed by atoms with van der Waals surface area (Å²) in [6.45, 7) is 10.0. The van der Waals surface area contributed by atoms with Crippen LogP contribution in [0.3, 0.4) is 0 Å². The van der Waals surface area contributed by atoms with Crippen molar-refractivity contribution < 1.29 is 19.1 Å². The van der Waals surface area contributed by atoms with Crippen molar-refractivity contribution in [1.82, 2.24) is 4.90 Å². The first-order valence-electron chi connectivity index (χ1n) is 9.93. The van der Waals surface area contributed by atoms with Crippen molar-refractivity contribution in [1.29, 1.82) is 0 Å². The number of amides is 2. The first-order chi connectivity index (χ1) is 14.5.